The van der Waals surface area contributed by atoms with Gasteiger partial charge in [-0.3, -0.25) is 9.25 Å². The van der Waals surface area contributed by atoms with Crippen molar-refractivity contribution >= 4 is 23.4 Å². The highest BCUT2D eigenvalue weighted by Crippen LogP contribution is 2.24. The lowest BCUT2D eigenvalue weighted by Crippen LogP contribution is -2.23. The zero-order chi connectivity index (χ0) is 11.4. The SMILES string of the molecule is Cc1nn(C)c2c1[nH]c(=S)n2C(C)(C)C. The van der Waals surface area contributed by atoms with Gasteiger partial charge in [0, 0.05) is 12.6 Å². The van der Waals surface area contributed by atoms with Crippen molar-refractivity contribution in [2.24, 2.45) is 7.05 Å². The Morgan fingerprint density at radius 2 is 1.93 bits per heavy atom. The summed E-state index contributed by atoms with van der Waals surface area (Å²) in [4.78, 5) is 3.22. The number of hydrogen-bond donors (Lipinski definition) is 1. The van der Waals surface area contributed by atoms with Gasteiger partial charge in [0.15, 0.2) is 10.4 Å². The van der Waals surface area contributed by atoms with E-state index in [4.69, 9.17) is 12.2 Å². The highest BCUT2D eigenvalue weighted by molar-refractivity contribution is 7.71. The van der Waals surface area contributed by atoms with Crippen LogP contribution in [0.15, 0.2) is 0 Å². The van der Waals surface area contributed by atoms with Gasteiger partial charge in [-0.25, -0.2) is 0 Å². The molecule has 0 saturated heterocycles. The Hall–Kier alpha value is -1.10. The number of aromatic amines is 1. The molecule has 0 radical (unpaired) electrons. The first kappa shape index (κ1) is 10.4. The van der Waals surface area contributed by atoms with Crippen LogP contribution in [0.3, 0.4) is 0 Å². The monoisotopic (exact) mass is 224 g/mol. The summed E-state index contributed by atoms with van der Waals surface area (Å²) in [7, 11) is 1.94. The maximum Gasteiger partial charge on any atom is 0.179 e. The summed E-state index contributed by atoms with van der Waals surface area (Å²) in [5.41, 5.74) is 3.05. The van der Waals surface area contributed by atoms with E-state index >= 15 is 0 Å². The lowest BCUT2D eigenvalue weighted by molar-refractivity contribution is 0.397. The number of H-pyrrole nitrogens is 1. The molecule has 0 fully saturated rings. The number of aryl methyl sites for hydroxylation is 2. The Labute approximate surface area is 93.9 Å². The van der Waals surface area contributed by atoms with E-state index in [1.54, 1.807) is 0 Å². The van der Waals surface area contributed by atoms with Gasteiger partial charge in [0.2, 0.25) is 0 Å². The van der Waals surface area contributed by atoms with E-state index < -0.39 is 0 Å². The Kier molecular flexibility index (Phi) is 2.05. The first-order valence-corrected chi connectivity index (χ1v) is 5.38. The number of nitrogens with one attached hydrogen (secondary N) is 1. The quantitative estimate of drug-likeness (QED) is 0.698. The van der Waals surface area contributed by atoms with Crippen LogP contribution in [0.5, 0.6) is 0 Å². The second kappa shape index (κ2) is 2.95. The van der Waals surface area contributed by atoms with E-state index in [9.17, 15) is 0 Å². The number of rotatable bonds is 0. The van der Waals surface area contributed by atoms with Gasteiger partial charge in [0.25, 0.3) is 0 Å². The standard InChI is InChI=1S/C10H16N4S/c1-6-7-8(13(5)12-6)14(9(15)11-7)10(2,3)4/h1-5H3,(H,11,15). The summed E-state index contributed by atoms with van der Waals surface area (Å²) in [5, 5.41) is 4.38. The topological polar surface area (TPSA) is 38.5 Å². The molecule has 0 saturated carbocycles. The summed E-state index contributed by atoms with van der Waals surface area (Å²) < 4.78 is 4.74. The predicted octanol–water partition coefficient (Wildman–Crippen LogP) is 2.50. The number of aromatic nitrogens is 4. The number of imidazole rings is 1. The van der Waals surface area contributed by atoms with Gasteiger partial charge < -0.3 is 4.98 Å². The van der Waals surface area contributed by atoms with Crippen LogP contribution in [0.4, 0.5) is 0 Å². The molecule has 2 rings (SSSR count). The Bertz CT molecular complexity index is 564. The van der Waals surface area contributed by atoms with Crippen LogP contribution >= 0.6 is 12.2 Å². The Balaban J connectivity index is 2.96. The average molecular weight is 224 g/mol. The maximum atomic E-state index is 5.34. The van der Waals surface area contributed by atoms with E-state index in [0.29, 0.717) is 0 Å². The van der Waals surface area contributed by atoms with Crippen LogP contribution in [-0.4, -0.2) is 19.3 Å². The third-order valence-corrected chi connectivity index (χ3v) is 2.79. The molecule has 0 atom stereocenters. The molecular formula is C10H16N4S. The van der Waals surface area contributed by atoms with Gasteiger partial charge in [-0.05, 0) is 39.9 Å². The molecule has 1 N–H and O–H groups in total. The number of fused-ring (bicyclic) bond motifs is 1. The average Bonchev–Trinajstić information content (AvgIpc) is 2.51. The molecule has 0 unspecified atom stereocenters. The minimum atomic E-state index is -0.0322. The molecule has 2 aromatic rings. The summed E-state index contributed by atoms with van der Waals surface area (Å²) in [6.45, 7) is 8.40. The van der Waals surface area contributed by atoms with Gasteiger partial charge >= 0.3 is 0 Å². The van der Waals surface area contributed by atoms with Crippen molar-refractivity contribution in [3.63, 3.8) is 0 Å². The molecule has 0 aliphatic rings. The molecule has 0 spiro atoms. The first-order chi connectivity index (χ1) is 6.82. The first-order valence-electron chi connectivity index (χ1n) is 4.97. The van der Waals surface area contributed by atoms with E-state index in [0.717, 1.165) is 21.6 Å². The van der Waals surface area contributed by atoms with Crippen LogP contribution in [0.2, 0.25) is 0 Å². The van der Waals surface area contributed by atoms with Crippen molar-refractivity contribution in [2.45, 2.75) is 33.2 Å². The van der Waals surface area contributed by atoms with Crippen LogP contribution in [-0.2, 0) is 12.6 Å². The summed E-state index contributed by atoms with van der Waals surface area (Å²) >= 11 is 5.34. The van der Waals surface area contributed by atoms with Crippen LogP contribution in [0.1, 0.15) is 26.5 Å². The van der Waals surface area contributed by atoms with Gasteiger partial charge in [-0.1, -0.05) is 0 Å². The minimum absolute atomic E-state index is 0.0322. The summed E-state index contributed by atoms with van der Waals surface area (Å²) in [6, 6.07) is 0. The zero-order valence-electron chi connectivity index (χ0n) is 9.75. The third-order valence-electron chi connectivity index (χ3n) is 2.51. The number of nitrogens with zero attached hydrogens (tertiary/aromatic N) is 3. The fourth-order valence-corrected chi connectivity index (χ4v) is 2.39. The van der Waals surface area contributed by atoms with Crippen molar-refractivity contribution in [1.82, 2.24) is 19.3 Å². The fourth-order valence-electron chi connectivity index (χ4n) is 1.93. The molecule has 0 aromatic carbocycles. The van der Waals surface area contributed by atoms with Gasteiger partial charge in [0.1, 0.15) is 5.52 Å². The van der Waals surface area contributed by atoms with E-state index in [2.05, 4.69) is 35.4 Å². The van der Waals surface area contributed by atoms with E-state index in [-0.39, 0.29) is 5.54 Å². The summed E-state index contributed by atoms with van der Waals surface area (Å²) in [5.74, 6) is 0. The third kappa shape index (κ3) is 1.42. The Morgan fingerprint density at radius 3 is 2.47 bits per heavy atom. The molecule has 0 amide bonds. The lowest BCUT2D eigenvalue weighted by atomic mass is 10.1. The molecule has 2 heterocycles. The van der Waals surface area contributed by atoms with E-state index in [1.165, 1.54) is 0 Å². The molecule has 0 aliphatic carbocycles. The molecule has 4 nitrogen and oxygen atoms in total. The second-order valence-corrected chi connectivity index (χ2v) is 5.23. The van der Waals surface area contributed by atoms with Crippen LogP contribution < -0.4 is 0 Å². The van der Waals surface area contributed by atoms with Crippen LogP contribution in [0.25, 0.3) is 11.2 Å². The van der Waals surface area contributed by atoms with Crippen molar-refractivity contribution in [3.8, 4) is 0 Å². The second-order valence-electron chi connectivity index (χ2n) is 4.84. The molecular weight excluding hydrogens is 208 g/mol. The van der Waals surface area contributed by atoms with Crippen LogP contribution in [0, 0.1) is 11.7 Å². The van der Waals surface area contributed by atoms with E-state index in [1.807, 2.05) is 18.7 Å². The smallest absolute Gasteiger partial charge is 0.179 e. The van der Waals surface area contributed by atoms with Gasteiger partial charge in [-0.2, -0.15) is 5.10 Å². The fraction of sp³-hybridized carbons (Fsp3) is 0.600. The highest BCUT2D eigenvalue weighted by atomic mass is 32.1. The maximum absolute atomic E-state index is 5.34. The van der Waals surface area contributed by atoms with Crippen molar-refractivity contribution in [3.05, 3.63) is 10.5 Å². The zero-order valence-corrected chi connectivity index (χ0v) is 10.6. The molecule has 0 bridgehead atoms. The van der Waals surface area contributed by atoms with Crippen molar-refractivity contribution in [1.29, 1.82) is 0 Å². The normalized spacial score (nSPS) is 12.6. The highest BCUT2D eigenvalue weighted by Gasteiger charge is 2.21. The minimum Gasteiger partial charge on any atom is -0.328 e. The molecule has 82 valence electrons. The number of hydrogen-bond acceptors (Lipinski definition) is 2. The van der Waals surface area contributed by atoms with Crippen molar-refractivity contribution in [2.75, 3.05) is 0 Å². The Morgan fingerprint density at radius 1 is 1.33 bits per heavy atom. The molecule has 5 heteroatoms. The largest absolute Gasteiger partial charge is 0.328 e. The lowest BCUT2D eigenvalue weighted by Gasteiger charge is -2.21. The molecule has 2 aromatic heterocycles. The summed E-state index contributed by atoms with van der Waals surface area (Å²) in [6.07, 6.45) is 0. The van der Waals surface area contributed by atoms with Crippen molar-refractivity contribution < 1.29 is 0 Å². The molecule has 15 heavy (non-hydrogen) atoms. The predicted molar refractivity (Wildman–Crippen MR) is 63.6 cm³/mol. The molecule has 0 aliphatic heterocycles. The van der Waals surface area contributed by atoms with Gasteiger partial charge in [0.05, 0.1) is 5.69 Å². The van der Waals surface area contributed by atoms with Gasteiger partial charge in [-0.15, -0.1) is 0 Å².